The van der Waals surface area contributed by atoms with E-state index in [9.17, 15) is 4.79 Å². The van der Waals surface area contributed by atoms with E-state index >= 15 is 0 Å². The molecule has 0 radical (unpaired) electrons. The van der Waals surface area contributed by atoms with Gasteiger partial charge in [0.25, 0.3) is 0 Å². The van der Waals surface area contributed by atoms with E-state index in [1.807, 2.05) is 30.3 Å². The van der Waals surface area contributed by atoms with Crippen LogP contribution in [0.4, 0.5) is 5.69 Å². The number of carbonyl (C=O) groups is 1. The molecular weight excluding hydrogens is 250 g/mol. The van der Waals surface area contributed by atoms with E-state index in [1.165, 1.54) is 0 Å². The number of carbonyl (C=O) groups excluding carboxylic acids is 1. The van der Waals surface area contributed by atoms with Crippen LogP contribution in [-0.2, 0) is 4.79 Å². The van der Waals surface area contributed by atoms with Crippen molar-refractivity contribution < 1.29 is 4.79 Å². The van der Waals surface area contributed by atoms with Crippen molar-refractivity contribution in [2.24, 2.45) is 11.7 Å². The van der Waals surface area contributed by atoms with E-state index < -0.39 is 0 Å². The number of para-hydroxylation sites is 1. The van der Waals surface area contributed by atoms with Crippen LogP contribution < -0.4 is 11.1 Å². The summed E-state index contributed by atoms with van der Waals surface area (Å²) in [4.78, 5) is 16.2. The van der Waals surface area contributed by atoms with Crippen LogP contribution in [0.25, 0.3) is 10.9 Å². The molecule has 3 N–H and O–H groups in total. The van der Waals surface area contributed by atoms with Crippen LogP contribution in [0, 0.1) is 5.92 Å². The predicted octanol–water partition coefficient (Wildman–Crippen LogP) is 2.94. The molecule has 1 atom stereocenters. The highest BCUT2D eigenvalue weighted by Crippen LogP contribution is 2.17. The zero-order chi connectivity index (χ0) is 14.4. The van der Waals surface area contributed by atoms with Crippen LogP contribution in [0.2, 0.25) is 0 Å². The number of benzene rings is 1. The first-order valence-corrected chi connectivity index (χ1v) is 7.03. The van der Waals surface area contributed by atoms with Gasteiger partial charge in [0.15, 0.2) is 0 Å². The van der Waals surface area contributed by atoms with E-state index in [1.54, 1.807) is 6.20 Å². The summed E-state index contributed by atoms with van der Waals surface area (Å²) < 4.78 is 0. The molecule has 2 aromatic rings. The number of aromatic nitrogens is 1. The summed E-state index contributed by atoms with van der Waals surface area (Å²) >= 11 is 0. The van der Waals surface area contributed by atoms with E-state index in [2.05, 4.69) is 17.2 Å². The molecule has 1 heterocycles. The normalized spacial score (nSPS) is 12.3. The molecule has 4 heteroatoms. The fourth-order valence-electron chi connectivity index (χ4n) is 2.17. The summed E-state index contributed by atoms with van der Waals surface area (Å²) in [6, 6.07) is 9.80. The Kier molecular flexibility index (Phi) is 5.07. The number of hydrogen-bond donors (Lipinski definition) is 2. The highest BCUT2D eigenvalue weighted by Gasteiger charge is 2.07. The molecule has 2 rings (SSSR count). The number of amides is 1. The van der Waals surface area contributed by atoms with Gasteiger partial charge in [-0.05, 0) is 37.4 Å². The van der Waals surface area contributed by atoms with Crippen molar-refractivity contribution in [3.8, 4) is 0 Å². The van der Waals surface area contributed by atoms with E-state index in [-0.39, 0.29) is 5.91 Å². The third kappa shape index (κ3) is 4.03. The van der Waals surface area contributed by atoms with Crippen LogP contribution in [0.15, 0.2) is 36.5 Å². The van der Waals surface area contributed by atoms with Crippen LogP contribution >= 0.6 is 0 Å². The second kappa shape index (κ2) is 7.01. The van der Waals surface area contributed by atoms with Crippen molar-refractivity contribution in [3.63, 3.8) is 0 Å². The molecule has 4 nitrogen and oxygen atoms in total. The zero-order valence-electron chi connectivity index (χ0n) is 11.8. The first-order valence-electron chi connectivity index (χ1n) is 7.03. The molecule has 0 bridgehead atoms. The summed E-state index contributed by atoms with van der Waals surface area (Å²) in [5, 5.41) is 3.93. The molecule has 20 heavy (non-hydrogen) atoms. The van der Waals surface area contributed by atoms with Crippen LogP contribution in [-0.4, -0.2) is 17.4 Å². The van der Waals surface area contributed by atoms with Gasteiger partial charge in [-0.15, -0.1) is 0 Å². The van der Waals surface area contributed by atoms with Gasteiger partial charge in [-0.3, -0.25) is 9.78 Å². The molecule has 1 aromatic heterocycles. The van der Waals surface area contributed by atoms with Crippen LogP contribution in [0.5, 0.6) is 0 Å². The standard InChI is InChI=1S/C16H21N3O/c1-12(8-9-17)6-7-16(20)19-14-10-13-4-2-3-5-15(13)18-11-14/h2-5,10-12H,6-9,17H2,1H3,(H,19,20). The van der Waals surface area contributed by atoms with Crippen LogP contribution in [0.3, 0.4) is 0 Å². The number of fused-ring (bicyclic) bond motifs is 1. The van der Waals surface area contributed by atoms with E-state index in [0.717, 1.165) is 29.4 Å². The Morgan fingerprint density at radius 2 is 2.15 bits per heavy atom. The highest BCUT2D eigenvalue weighted by molar-refractivity contribution is 5.93. The maximum atomic E-state index is 11.9. The Morgan fingerprint density at radius 3 is 2.95 bits per heavy atom. The minimum atomic E-state index is 0.0333. The second-order valence-electron chi connectivity index (χ2n) is 5.19. The van der Waals surface area contributed by atoms with Crippen molar-refractivity contribution in [2.75, 3.05) is 11.9 Å². The van der Waals surface area contributed by atoms with Gasteiger partial charge in [0.2, 0.25) is 5.91 Å². The average Bonchev–Trinajstić information content (AvgIpc) is 2.45. The molecular formula is C16H21N3O. The number of pyridine rings is 1. The smallest absolute Gasteiger partial charge is 0.224 e. The summed E-state index contributed by atoms with van der Waals surface area (Å²) in [5.74, 6) is 0.520. The monoisotopic (exact) mass is 271 g/mol. The van der Waals surface area contributed by atoms with E-state index in [0.29, 0.717) is 18.9 Å². The van der Waals surface area contributed by atoms with Gasteiger partial charge in [-0.25, -0.2) is 0 Å². The topological polar surface area (TPSA) is 68.0 Å². The lowest BCUT2D eigenvalue weighted by molar-refractivity contribution is -0.116. The Morgan fingerprint density at radius 1 is 1.35 bits per heavy atom. The molecule has 0 aliphatic carbocycles. The van der Waals surface area contributed by atoms with Gasteiger partial charge in [0.05, 0.1) is 17.4 Å². The maximum absolute atomic E-state index is 11.9. The molecule has 1 amide bonds. The van der Waals surface area contributed by atoms with Gasteiger partial charge >= 0.3 is 0 Å². The third-order valence-corrected chi connectivity index (χ3v) is 3.40. The number of anilines is 1. The molecule has 1 aromatic carbocycles. The summed E-state index contributed by atoms with van der Waals surface area (Å²) in [7, 11) is 0. The highest BCUT2D eigenvalue weighted by atomic mass is 16.1. The Bertz CT molecular complexity index is 583. The lowest BCUT2D eigenvalue weighted by Crippen LogP contribution is -2.14. The fraction of sp³-hybridized carbons (Fsp3) is 0.375. The third-order valence-electron chi connectivity index (χ3n) is 3.40. The number of nitrogens with zero attached hydrogens (tertiary/aromatic N) is 1. The number of nitrogens with two attached hydrogens (primary N) is 1. The molecule has 0 spiro atoms. The Labute approximate surface area is 119 Å². The molecule has 1 unspecified atom stereocenters. The lowest BCUT2D eigenvalue weighted by Gasteiger charge is -2.10. The number of nitrogens with one attached hydrogen (secondary N) is 1. The van der Waals surface area contributed by atoms with Gasteiger partial charge in [0.1, 0.15) is 0 Å². The van der Waals surface area contributed by atoms with Crippen molar-refractivity contribution in [2.45, 2.75) is 26.2 Å². The van der Waals surface area contributed by atoms with Crippen molar-refractivity contribution in [1.29, 1.82) is 0 Å². The van der Waals surface area contributed by atoms with Gasteiger partial charge in [-0.2, -0.15) is 0 Å². The first kappa shape index (κ1) is 14.5. The number of hydrogen-bond acceptors (Lipinski definition) is 3. The SMILES string of the molecule is CC(CCN)CCC(=O)Nc1cnc2ccccc2c1. The minimum absolute atomic E-state index is 0.0333. The predicted molar refractivity (Wildman–Crippen MR) is 82.4 cm³/mol. The minimum Gasteiger partial charge on any atom is -0.330 e. The van der Waals surface area contributed by atoms with Crippen molar-refractivity contribution in [1.82, 2.24) is 4.98 Å². The molecule has 0 fully saturated rings. The quantitative estimate of drug-likeness (QED) is 0.848. The molecule has 0 aliphatic rings. The second-order valence-corrected chi connectivity index (χ2v) is 5.19. The van der Waals surface area contributed by atoms with Crippen LogP contribution in [0.1, 0.15) is 26.2 Å². The molecule has 0 saturated carbocycles. The van der Waals surface area contributed by atoms with Gasteiger partial charge in [0, 0.05) is 11.8 Å². The Balaban J connectivity index is 1.92. The molecule has 0 aliphatic heterocycles. The average molecular weight is 271 g/mol. The fourth-order valence-corrected chi connectivity index (χ4v) is 2.17. The summed E-state index contributed by atoms with van der Waals surface area (Å²) in [6.07, 6.45) is 4.05. The van der Waals surface area contributed by atoms with Crippen molar-refractivity contribution in [3.05, 3.63) is 36.5 Å². The summed E-state index contributed by atoms with van der Waals surface area (Å²) in [6.45, 7) is 2.80. The summed E-state index contributed by atoms with van der Waals surface area (Å²) in [5.41, 5.74) is 7.19. The van der Waals surface area contributed by atoms with Crippen molar-refractivity contribution >= 4 is 22.5 Å². The molecule has 106 valence electrons. The lowest BCUT2D eigenvalue weighted by atomic mass is 10.0. The van der Waals surface area contributed by atoms with Gasteiger partial charge < -0.3 is 11.1 Å². The Hall–Kier alpha value is -1.94. The van der Waals surface area contributed by atoms with E-state index in [4.69, 9.17) is 5.73 Å². The largest absolute Gasteiger partial charge is 0.330 e. The maximum Gasteiger partial charge on any atom is 0.224 e. The first-order chi connectivity index (χ1) is 9.69. The number of rotatable bonds is 6. The van der Waals surface area contributed by atoms with Gasteiger partial charge in [-0.1, -0.05) is 25.1 Å². The molecule has 0 saturated heterocycles. The zero-order valence-corrected chi connectivity index (χ0v) is 11.8.